The molecule has 9 nitrogen and oxygen atoms in total. The molecule has 0 radical (unpaired) electrons. The Bertz CT molecular complexity index is 1490. The molecule has 0 atom stereocenters. The molecule has 0 unspecified atom stereocenters. The van der Waals surface area contributed by atoms with Crippen LogP contribution in [0.1, 0.15) is 69.8 Å². The van der Waals surface area contributed by atoms with Crippen molar-refractivity contribution in [3.63, 3.8) is 0 Å². The summed E-state index contributed by atoms with van der Waals surface area (Å²) in [5.41, 5.74) is 4.06. The first-order valence-electron chi connectivity index (χ1n) is 15.5. The van der Waals surface area contributed by atoms with Crippen molar-refractivity contribution in [3.05, 3.63) is 83.2 Å². The topological polar surface area (TPSA) is 96.9 Å². The van der Waals surface area contributed by atoms with Crippen LogP contribution in [0.2, 0.25) is 0 Å². The molecule has 0 bridgehead atoms. The fraction of sp³-hybridized carbons (Fsp3) is 0.486. The molecule has 1 spiro atoms. The summed E-state index contributed by atoms with van der Waals surface area (Å²) in [4.78, 5) is 37.0. The smallest absolute Gasteiger partial charge is 0.407 e. The van der Waals surface area contributed by atoms with Crippen LogP contribution in [0.15, 0.2) is 60.8 Å². The van der Waals surface area contributed by atoms with Crippen molar-refractivity contribution in [3.8, 4) is 5.75 Å². The van der Waals surface area contributed by atoms with Crippen molar-refractivity contribution in [1.82, 2.24) is 20.2 Å². The predicted octanol–water partition coefficient (Wildman–Crippen LogP) is 5.26. The van der Waals surface area contributed by atoms with E-state index in [1.165, 1.54) is 16.7 Å². The number of nitrogens with zero attached hydrogens (tertiary/aromatic N) is 4. The largest absolute Gasteiger partial charge is 0.487 e. The van der Waals surface area contributed by atoms with Gasteiger partial charge in [0.2, 0.25) is 5.95 Å². The number of hydrogen-bond donors (Lipinski definition) is 1. The molecule has 44 heavy (non-hydrogen) atoms. The lowest BCUT2D eigenvalue weighted by Crippen LogP contribution is -2.63. The molecule has 1 amide bonds. The average Bonchev–Trinajstić information content (AvgIpc) is 2.91. The summed E-state index contributed by atoms with van der Waals surface area (Å²) in [7, 11) is 0. The molecular weight excluding hydrogens is 554 g/mol. The highest BCUT2D eigenvalue weighted by Crippen LogP contribution is 2.46. The number of nitrogens with one attached hydrogen (secondary N) is 1. The lowest BCUT2D eigenvalue weighted by molar-refractivity contribution is -0.134. The highest BCUT2D eigenvalue weighted by atomic mass is 16.6. The van der Waals surface area contributed by atoms with E-state index in [-0.39, 0.29) is 23.0 Å². The van der Waals surface area contributed by atoms with E-state index >= 15 is 0 Å². The zero-order chi connectivity index (χ0) is 31.1. The van der Waals surface area contributed by atoms with E-state index in [2.05, 4.69) is 75.3 Å². The van der Waals surface area contributed by atoms with Gasteiger partial charge in [0, 0.05) is 62.6 Å². The first-order chi connectivity index (χ1) is 20.9. The first kappa shape index (κ1) is 30.1. The lowest BCUT2D eigenvalue weighted by atomic mass is 9.63. The Labute approximate surface area is 260 Å². The quantitative estimate of drug-likeness (QED) is 0.357. The Morgan fingerprint density at radius 1 is 0.955 bits per heavy atom. The third-order valence-corrected chi connectivity index (χ3v) is 8.90. The Balaban J connectivity index is 0.974. The molecule has 2 saturated heterocycles. The molecule has 9 heteroatoms. The average molecular weight is 598 g/mol. The lowest BCUT2D eigenvalue weighted by Gasteiger charge is -2.54. The Kier molecular flexibility index (Phi) is 7.86. The maximum Gasteiger partial charge on any atom is 0.407 e. The fourth-order valence-electron chi connectivity index (χ4n) is 6.37. The summed E-state index contributed by atoms with van der Waals surface area (Å²) in [5, 5.41) is 2.95. The minimum atomic E-state index is -0.485. The number of rotatable bonds is 9. The second kappa shape index (κ2) is 11.5. The molecule has 1 saturated carbocycles. The third kappa shape index (κ3) is 6.73. The van der Waals surface area contributed by atoms with Gasteiger partial charge in [-0.2, -0.15) is 0 Å². The second-order valence-electron chi connectivity index (χ2n) is 14.3. The molecule has 1 N–H and O–H groups in total. The summed E-state index contributed by atoms with van der Waals surface area (Å²) in [6.45, 7) is 14.7. The minimum absolute atomic E-state index is 0.132. The molecule has 3 fully saturated rings. The molecule has 1 aliphatic carbocycles. The van der Waals surface area contributed by atoms with Gasteiger partial charge in [-0.15, -0.1) is 0 Å². The van der Waals surface area contributed by atoms with Crippen molar-refractivity contribution in [2.24, 2.45) is 5.41 Å². The van der Waals surface area contributed by atoms with E-state index in [4.69, 9.17) is 9.47 Å². The number of carbonyl (C=O) groups is 2. The summed E-state index contributed by atoms with van der Waals surface area (Å²) >= 11 is 0. The third-order valence-electron chi connectivity index (χ3n) is 8.90. The number of hydrogen-bond acceptors (Lipinski definition) is 8. The highest BCUT2D eigenvalue weighted by Gasteiger charge is 2.52. The summed E-state index contributed by atoms with van der Waals surface area (Å²) in [6, 6.07) is 19.1. The standard InChI is InChI=1S/C35H43N5O4/c1-33(2,3)44-32(42)38-28-19-39(20-28)18-24-6-8-25(9-7-24)34(4,5)26-10-12-30(13-11-26)43-21-27-14-15-36-31(37-27)40-22-35(23-40)16-29(41)17-35/h6-15,28H,16-23H2,1-5H3,(H,38,42). The molecule has 232 valence electrons. The van der Waals surface area contributed by atoms with Crippen molar-refractivity contribution in [2.45, 2.75) is 77.7 Å². The number of likely N-dealkylation sites (tertiary alicyclic amines) is 1. The van der Waals surface area contributed by atoms with Crippen LogP contribution in [0.3, 0.4) is 0 Å². The van der Waals surface area contributed by atoms with Crippen LogP contribution in [-0.4, -0.2) is 64.6 Å². The minimum Gasteiger partial charge on any atom is -0.487 e. The number of aromatic nitrogens is 2. The zero-order valence-electron chi connectivity index (χ0n) is 26.4. The van der Waals surface area contributed by atoms with E-state index in [1.807, 2.05) is 39.0 Å². The second-order valence-corrected chi connectivity index (χ2v) is 14.3. The Hall–Kier alpha value is -3.98. The van der Waals surface area contributed by atoms with Crippen LogP contribution in [0.25, 0.3) is 0 Å². The van der Waals surface area contributed by atoms with Gasteiger partial charge in [-0.1, -0.05) is 50.2 Å². The normalized spacial score (nSPS) is 18.3. The van der Waals surface area contributed by atoms with E-state index in [0.717, 1.165) is 44.2 Å². The summed E-state index contributed by atoms with van der Waals surface area (Å²) < 4.78 is 11.4. The van der Waals surface area contributed by atoms with Crippen molar-refractivity contribution in [2.75, 3.05) is 31.1 Å². The number of Topliss-reactive ketones (excluding diaryl/α,β-unsaturated/α-hetero) is 1. The van der Waals surface area contributed by atoms with Gasteiger partial charge in [0.25, 0.3) is 0 Å². The number of anilines is 1. The van der Waals surface area contributed by atoms with E-state index in [9.17, 15) is 9.59 Å². The van der Waals surface area contributed by atoms with Gasteiger partial charge in [-0.05, 0) is 55.7 Å². The first-order valence-corrected chi connectivity index (χ1v) is 15.5. The van der Waals surface area contributed by atoms with Crippen molar-refractivity contribution < 1.29 is 19.1 Å². The van der Waals surface area contributed by atoms with Gasteiger partial charge in [0.05, 0.1) is 11.7 Å². The van der Waals surface area contributed by atoms with Crippen molar-refractivity contribution in [1.29, 1.82) is 0 Å². The van der Waals surface area contributed by atoms with Gasteiger partial charge >= 0.3 is 6.09 Å². The molecule has 6 rings (SSSR count). The maximum atomic E-state index is 12.0. The number of benzene rings is 2. The number of amides is 1. The number of alkyl carbamates (subject to hydrolysis) is 1. The van der Waals surface area contributed by atoms with Crippen LogP contribution in [-0.2, 0) is 28.1 Å². The van der Waals surface area contributed by atoms with Crippen LogP contribution in [0.5, 0.6) is 5.75 Å². The van der Waals surface area contributed by atoms with Crippen LogP contribution >= 0.6 is 0 Å². The molecule has 3 heterocycles. The van der Waals surface area contributed by atoms with E-state index in [0.29, 0.717) is 31.2 Å². The SMILES string of the molecule is CC(C)(C)OC(=O)NC1CN(Cc2ccc(C(C)(C)c3ccc(OCc4ccnc(N5CC6(CC(=O)C6)C5)n4)cc3)cc2)C1. The number of carbonyl (C=O) groups excluding carboxylic acids is 2. The molecule has 2 aliphatic heterocycles. The highest BCUT2D eigenvalue weighted by molar-refractivity contribution is 5.87. The number of ether oxygens (including phenoxy) is 2. The molecule has 1 aromatic heterocycles. The number of ketones is 1. The van der Waals surface area contributed by atoms with Crippen LogP contribution < -0.4 is 15.0 Å². The molecule has 2 aromatic carbocycles. The summed E-state index contributed by atoms with van der Waals surface area (Å²) in [6.07, 6.45) is 2.82. The van der Waals surface area contributed by atoms with Gasteiger partial charge < -0.3 is 19.7 Å². The van der Waals surface area contributed by atoms with Crippen LogP contribution in [0, 0.1) is 5.41 Å². The van der Waals surface area contributed by atoms with Gasteiger partial charge in [-0.3, -0.25) is 9.69 Å². The van der Waals surface area contributed by atoms with Gasteiger partial charge in [-0.25, -0.2) is 14.8 Å². The van der Waals surface area contributed by atoms with E-state index < -0.39 is 5.60 Å². The fourth-order valence-corrected chi connectivity index (χ4v) is 6.37. The van der Waals surface area contributed by atoms with E-state index in [1.54, 1.807) is 6.20 Å². The molecule has 3 aliphatic rings. The Morgan fingerprint density at radius 3 is 2.20 bits per heavy atom. The van der Waals surface area contributed by atoms with Crippen molar-refractivity contribution >= 4 is 17.8 Å². The zero-order valence-corrected chi connectivity index (χ0v) is 26.4. The van der Waals surface area contributed by atoms with Gasteiger partial charge in [0.15, 0.2) is 0 Å². The van der Waals surface area contributed by atoms with Crippen LogP contribution in [0.4, 0.5) is 10.7 Å². The van der Waals surface area contributed by atoms with Gasteiger partial charge in [0.1, 0.15) is 23.7 Å². The molecule has 3 aromatic rings. The Morgan fingerprint density at radius 2 is 1.59 bits per heavy atom. The predicted molar refractivity (Wildman–Crippen MR) is 169 cm³/mol. The monoisotopic (exact) mass is 597 g/mol. The summed E-state index contributed by atoms with van der Waals surface area (Å²) in [5.74, 6) is 1.87. The maximum absolute atomic E-state index is 12.0. The molecular formula is C35H43N5O4.